The van der Waals surface area contributed by atoms with Crippen LogP contribution in [0.15, 0.2) is 24.3 Å². The van der Waals surface area contributed by atoms with Crippen LogP contribution >= 0.6 is 0 Å². The smallest absolute Gasteiger partial charge is 0.246 e. The molecule has 42 heavy (non-hydrogen) atoms. The van der Waals surface area contributed by atoms with Crippen molar-refractivity contribution in [1.82, 2.24) is 15.5 Å². The largest absolute Gasteiger partial charge is 0.344 e. The maximum absolute atomic E-state index is 14.2. The third kappa shape index (κ3) is 5.41. The first-order valence-corrected chi connectivity index (χ1v) is 15.7. The highest BCUT2D eigenvalue weighted by Gasteiger charge is 2.56. The van der Waals surface area contributed by atoms with E-state index in [1.54, 1.807) is 0 Å². The Morgan fingerprint density at radius 1 is 1.10 bits per heavy atom. The minimum atomic E-state index is -0.994. The molecule has 1 saturated heterocycles. The molecule has 0 aromatic heterocycles. The van der Waals surface area contributed by atoms with Crippen LogP contribution in [0.3, 0.4) is 0 Å². The average Bonchev–Trinajstić information content (AvgIpc) is 3.28. The first-order chi connectivity index (χ1) is 20.0. The van der Waals surface area contributed by atoms with Crippen LogP contribution in [0.5, 0.6) is 0 Å². The summed E-state index contributed by atoms with van der Waals surface area (Å²) in [5.74, 6) is 0.486. The first-order valence-electron chi connectivity index (χ1n) is 15.7. The van der Waals surface area contributed by atoms with Crippen molar-refractivity contribution >= 4 is 29.3 Å². The number of nitrogens with one attached hydrogen (secondary N) is 3. The van der Waals surface area contributed by atoms with Gasteiger partial charge in [0.25, 0.3) is 0 Å². The van der Waals surface area contributed by atoms with E-state index in [0.29, 0.717) is 36.3 Å². The summed E-state index contributed by atoms with van der Waals surface area (Å²) in [5, 5.41) is 19.1. The van der Waals surface area contributed by atoms with Gasteiger partial charge in [0.1, 0.15) is 18.1 Å². The second-order valence-corrected chi connectivity index (χ2v) is 14.7. The Balaban J connectivity index is 1.21. The number of fused-ring (bicyclic) bond motifs is 4. The molecule has 1 aromatic rings. The number of hydrogen-bond acceptors (Lipinski definition) is 5. The Morgan fingerprint density at radius 2 is 1.86 bits per heavy atom. The van der Waals surface area contributed by atoms with Crippen molar-refractivity contribution in [2.75, 3.05) is 11.9 Å². The van der Waals surface area contributed by atoms with Crippen LogP contribution < -0.4 is 16.0 Å². The fourth-order valence-corrected chi connectivity index (χ4v) is 8.03. The van der Waals surface area contributed by atoms with Gasteiger partial charge >= 0.3 is 0 Å². The SMILES string of the molecule is CC(C)(C)C[C@H](NC(=O)[C@H](CC1CC1)NC(=O)C1CC2CCC1C2)C(=O)N1C[C@]2(C[C@H]1C#N)C(=O)Nc1ccccc12. The van der Waals surface area contributed by atoms with E-state index >= 15 is 0 Å². The van der Waals surface area contributed by atoms with E-state index in [2.05, 4.69) is 22.0 Å². The molecule has 2 bridgehead atoms. The van der Waals surface area contributed by atoms with Crippen LogP contribution in [0.25, 0.3) is 0 Å². The van der Waals surface area contributed by atoms with Gasteiger partial charge < -0.3 is 20.9 Å². The second-order valence-electron chi connectivity index (χ2n) is 14.7. The lowest BCUT2D eigenvalue weighted by molar-refractivity contribution is -0.139. The molecule has 3 aliphatic carbocycles. The van der Waals surface area contributed by atoms with Gasteiger partial charge in [0, 0.05) is 24.6 Å². The van der Waals surface area contributed by atoms with Crippen LogP contribution in [0.4, 0.5) is 5.69 Å². The lowest BCUT2D eigenvalue weighted by Crippen LogP contribution is -2.56. The monoisotopic (exact) mass is 573 g/mol. The molecule has 224 valence electrons. The summed E-state index contributed by atoms with van der Waals surface area (Å²) < 4.78 is 0. The molecule has 4 fully saturated rings. The van der Waals surface area contributed by atoms with Crippen molar-refractivity contribution in [2.24, 2.45) is 29.1 Å². The molecule has 5 aliphatic rings. The number of likely N-dealkylation sites (tertiary alicyclic amines) is 1. The van der Waals surface area contributed by atoms with Gasteiger partial charge in [0.05, 0.1) is 11.5 Å². The van der Waals surface area contributed by atoms with E-state index in [4.69, 9.17) is 0 Å². The molecule has 3 N–H and O–H groups in total. The summed E-state index contributed by atoms with van der Waals surface area (Å²) in [6.45, 7) is 6.10. The molecule has 1 spiro atoms. The van der Waals surface area contributed by atoms with Crippen LogP contribution in [0.2, 0.25) is 0 Å². The molecule has 4 amide bonds. The lowest BCUT2D eigenvalue weighted by Gasteiger charge is -2.32. The topological polar surface area (TPSA) is 131 Å². The number of amides is 4. The zero-order valence-corrected chi connectivity index (χ0v) is 24.9. The van der Waals surface area contributed by atoms with Crippen molar-refractivity contribution in [3.63, 3.8) is 0 Å². The van der Waals surface area contributed by atoms with E-state index in [9.17, 15) is 24.4 Å². The molecule has 3 saturated carbocycles. The number of hydrogen-bond donors (Lipinski definition) is 3. The normalized spacial score (nSPS) is 30.9. The quantitative estimate of drug-likeness (QED) is 0.437. The van der Waals surface area contributed by atoms with Gasteiger partial charge in [-0.1, -0.05) is 58.2 Å². The fraction of sp³-hybridized carbons (Fsp3) is 0.667. The number of anilines is 1. The van der Waals surface area contributed by atoms with Crippen LogP contribution in [0, 0.1) is 40.4 Å². The zero-order chi connectivity index (χ0) is 29.8. The number of carbonyl (C=O) groups excluding carboxylic acids is 4. The third-order valence-corrected chi connectivity index (χ3v) is 10.3. The van der Waals surface area contributed by atoms with E-state index in [1.807, 2.05) is 45.0 Å². The number of nitrogens with zero attached hydrogens (tertiary/aromatic N) is 2. The van der Waals surface area contributed by atoms with E-state index < -0.39 is 23.5 Å². The predicted octanol–water partition coefficient (Wildman–Crippen LogP) is 3.64. The summed E-state index contributed by atoms with van der Waals surface area (Å²) in [4.78, 5) is 56.1. The van der Waals surface area contributed by atoms with Crippen LogP contribution in [-0.2, 0) is 24.6 Å². The maximum Gasteiger partial charge on any atom is 0.246 e. The van der Waals surface area contributed by atoms with Crippen molar-refractivity contribution in [3.05, 3.63) is 29.8 Å². The zero-order valence-electron chi connectivity index (χ0n) is 24.9. The number of benzene rings is 1. The summed E-state index contributed by atoms with van der Waals surface area (Å²) in [6, 6.07) is 7.30. The van der Waals surface area contributed by atoms with Crippen molar-refractivity contribution < 1.29 is 19.2 Å². The van der Waals surface area contributed by atoms with Crippen LogP contribution in [0.1, 0.15) is 84.1 Å². The molecule has 0 radical (unpaired) electrons. The summed E-state index contributed by atoms with van der Waals surface area (Å²) >= 11 is 0. The van der Waals surface area contributed by atoms with E-state index in [0.717, 1.165) is 37.7 Å². The van der Waals surface area contributed by atoms with Gasteiger partial charge in [0.15, 0.2) is 0 Å². The number of carbonyl (C=O) groups is 4. The highest BCUT2D eigenvalue weighted by molar-refractivity contribution is 6.07. The van der Waals surface area contributed by atoms with Gasteiger partial charge in [-0.25, -0.2) is 0 Å². The number of nitriles is 1. The molecule has 2 heterocycles. The Kier molecular flexibility index (Phi) is 7.31. The number of rotatable bonds is 8. The van der Waals surface area contributed by atoms with Crippen molar-refractivity contribution in [1.29, 1.82) is 5.26 Å². The van der Waals surface area contributed by atoms with Gasteiger partial charge in [0.2, 0.25) is 23.6 Å². The third-order valence-electron chi connectivity index (χ3n) is 10.3. The van der Waals surface area contributed by atoms with Gasteiger partial charge in [-0.05, 0) is 66.9 Å². The van der Waals surface area contributed by atoms with Gasteiger partial charge in [-0.3, -0.25) is 19.2 Å². The maximum atomic E-state index is 14.2. The minimum Gasteiger partial charge on any atom is -0.344 e. The Bertz CT molecular complexity index is 1330. The van der Waals surface area contributed by atoms with E-state index in [-0.39, 0.29) is 47.9 Å². The lowest BCUT2D eigenvalue weighted by atomic mass is 9.80. The predicted molar refractivity (Wildman–Crippen MR) is 157 cm³/mol. The molecule has 9 heteroatoms. The summed E-state index contributed by atoms with van der Waals surface area (Å²) in [5.41, 5.74) is 0.214. The Morgan fingerprint density at radius 3 is 2.50 bits per heavy atom. The molecule has 2 aliphatic heterocycles. The standard InChI is InChI=1S/C33H43N5O4/c1-32(2,3)16-27(30(41)38-18-33(15-22(38)17-34)24-6-4-5-7-25(24)37-31(33)42)36-29(40)26(14-19-8-9-19)35-28(39)23-13-20-10-11-21(23)12-20/h4-7,19-23,26-27H,8-16,18H2,1-3H3,(H,35,39)(H,36,40)(H,37,42)/t20?,21?,22-,23?,26-,27-,33-/m0/s1. The van der Waals surface area contributed by atoms with Crippen molar-refractivity contribution in [2.45, 2.75) is 102 Å². The second kappa shape index (κ2) is 10.7. The highest BCUT2D eigenvalue weighted by Crippen LogP contribution is 2.49. The molecule has 1 aromatic carbocycles. The molecule has 7 atom stereocenters. The average molecular weight is 574 g/mol. The van der Waals surface area contributed by atoms with Crippen LogP contribution in [-0.4, -0.2) is 53.2 Å². The minimum absolute atomic E-state index is 0.0251. The molecular weight excluding hydrogens is 530 g/mol. The summed E-state index contributed by atoms with van der Waals surface area (Å²) in [6.07, 6.45) is 7.52. The molecule has 9 nitrogen and oxygen atoms in total. The molecular formula is C33H43N5O4. The van der Waals surface area contributed by atoms with E-state index in [1.165, 1.54) is 11.3 Å². The van der Waals surface area contributed by atoms with Gasteiger partial charge in [-0.2, -0.15) is 5.26 Å². The fourth-order valence-electron chi connectivity index (χ4n) is 8.03. The number of para-hydroxylation sites is 1. The Hall–Kier alpha value is -3.41. The summed E-state index contributed by atoms with van der Waals surface area (Å²) in [7, 11) is 0. The molecule has 6 rings (SSSR count). The van der Waals surface area contributed by atoms with Gasteiger partial charge in [-0.15, -0.1) is 0 Å². The molecule has 3 unspecified atom stereocenters. The first kappa shape index (κ1) is 28.7. The van der Waals surface area contributed by atoms with Crippen molar-refractivity contribution in [3.8, 4) is 6.07 Å². The Labute approximate surface area is 248 Å². The highest BCUT2D eigenvalue weighted by atomic mass is 16.2.